The van der Waals surface area contributed by atoms with Gasteiger partial charge in [-0.3, -0.25) is 14.4 Å². The van der Waals surface area contributed by atoms with Crippen molar-refractivity contribution in [2.45, 2.75) is 393 Å². The van der Waals surface area contributed by atoms with Crippen molar-refractivity contribution in [2.75, 3.05) is 13.2 Å². The second kappa shape index (κ2) is 68.9. The summed E-state index contributed by atoms with van der Waals surface area (Å²) in [6, 6.07) is 0. The predicted octanol–water partition coefficient (Wildman–Crippen LogP) is 24.5. The summed E-state index contributed by atoms with van der Waals surface area (Å²) in [7, 11) is 0. The van der Waals surface area contributed by atoms with Gasteiger partial charge >= 0.3 is 17.9 Å². The molecule has 0 N–H and O–H groups in total. The second-order valence-electron chi connectivity index (χ2n) is 24.1. The largest absolute Gasteiger partial charge is 0.462 e. The molecule has 0 aliphatic heterocycles. The van der Waals surface area contributed by atoms with Gasteiger partial charge in [-0.1, -0.05) is 358 Å². The molecule has 0 heterocycles. The molecule has 0 aromatic carbocycles. The van der Waals surface area contributed by atoms with Crippen molar-refractivity contribution >= 4 is 17.9 Å². The Morgan fingerprint density at radius 1 is 0.263 bits per heavy atom. The Labute approximate surface area is 498 Å². The topological polar surface area (TPSA) is 78.9 Å². The van der Waals surface area contributed by atoms with Crippen LogP contribution in [0.15, 0.2) is 48.6 Å². The summed E-state index contributed by atoms with van der Waals surface area (Å²) in [5, 5.41) is 0. The van der Waals surface area contributed by atoms with Gasteiger partial charge in [0.25, 0.3) is 0 Å². The highest BCUT2D eigenvalue weighted by Gasteiger charge is 2.19. The summed E-state index contributed by atoms with van der Waals surface area (Å²) < 4.78 is 17.0. The molecule has 6 nitrogen and oxygen atoms in total. The van der Waals surface area contributed by atoms with Crippen LogP contribution in [0.4, 0.5) is 0 Å². The molecule has 0 spiro atoms. The highest BCUT2D eigenvalue weighted by atomic mass is 16.6. The summed E-state index contributed by atoms with van der Waals surface area (Å²) in [4.78, 5) is 38.3. The van der Waals surface area contributed by atoms with Crippen molar-refractivity contribution in [2.24, 2.45) is 0 Å². The third-order valence-corrected chi connectivity index (χ3v) is 16.1. The lowest BCUT2D eigenvalue weighted by molar-refractivity contribution is -0.167. The van der Waals surface area contributed by atoms with Gasteiger partial charge in [0, 0.05) is 19.3 Å². The molecule has 6 heteroatoms. The lowest BCUT2D eigenvalue weighted by Gasteiger charge is -2.18. The molecule has 0 aromatic rings. The minimum absolute atomic E-state index is 0.0643. The number of allylic oxidation sites excluding steroid dienone is 8. The Kier molecular flexibility index (Phi) is 66.6. The lowest BCUT2D eigenvalue weighted by atomic mass is 10.0. The number of ether oxygens (including phenoxy) is 3. The van der Waals surface area contributed by atoms with E-state index in [1.807, 2.05) is 0 Å². The molecule has 0 fully saturated rings. The van der Waals surface area contributed by atoms with Gasteiger partial charge in [0.05, 0.1) is 0 Å². The fourth-order valence-electron chi connectivity index (χ4n) is 10.8. The average Bonchev–Trinajstić information content (AvgIpc) is 3.46. The first kappa shape index (κ1) is 77.4. The minimum atomic E-state index is -0.766. The molecular formula is C74H136O6. The van der Waals surface area contributed by atoms with Gasteiger partial charge < -0.3 is 14.2 Å². The Bertz CT molecular complexity index is 1380. The van der Waals surface area contributed by atoms with Gasteiger partial charge in [-0.05, 0) is 57.8 Å². The van der Waals surface area contributed by atoms with Crippen molar-refractivity contribution in [3.63, 3.8) is 0 Å². The summed E-state index contributed by atoms with van der Waals surface area (Å²) in [5.41, 5.74) is 0. The number of carbonyl (C=O) groups is 3. The maximum absolute atomic E-state index is 12.9. The normalized spacial score (nSPS) is 12.3. The van der Waals surface area contributed by atoms with Gasteiger partial charge in [-0.15, -0.1) is 0 Å². The van der Waals surface area contributed by atoms with Crippen molar-refractivity contribution in [3.05, 3.63) is 48.6 Å². The third-order valence-electron chi connectivity index (χ3n) is 16.1. The van der Waals surface area contributed by atoms with Crippen LogP contribution in [0.25, 0.3) is 0 Å². The van der Waals surface area contributed by atoms with Crippen LogP contribution in [0.1, 0.15) is 387 Å². The zero-order valence-corrected chi connectivity index (χ0v) is 53.9. The van der Waals surface area contributed by atoms with E-state index >= 15 is 0 Å². The first-order valence-corrected chi connectivity index (χ1v) is 35.6. The van der Waals surface area contributed by atoms with Crippen LogP contribution in [0.2, 0.25) is 0 Å². The van der Waals surface area contributed by atoms with E-state index in [-0.39, 0.29) is 31.1 Å². The lowest BCUT2D eigenvalue weighted by Crippen LogP contribution is -2.30. The van der Waals surface area contributed by atoms with Crippen molar-refractivity contribution in [1.82, 2.24) is 0 Å². The van der Waals surface area contributed by atoms with Crippen LogP contribution in [-0.2, 0) is 28.6 Å². The third kappa shape index (κ3) is 66.2. The number of rotatable bonds is 66. The zero-order valence-electron chi connectivity index (χ0n) is 53.9. The maximum atomic E-state index is 12.9. The van der Waals surface area contributed by atoms with Crippen LogP contribution in [0, 0.1) is 0 Å². The fourth-order valence-corrected chi connectivity index (χ4v) is 10.8. The Morgan fingerprint density at radius 2 is 0.487 bits per heavy atom. The van der Waals surface area contributed by atoms with Gasteiger partial charge in [0.2, 0.25) is 0 Å². The van der Waals surface area contributed by atoms with Crippen LogP contribution >= 0.6 is 0 Å². The molecule has 0 saturated heterocycles. The molecule has 0 aliphatic carbocycles. The molecular weight excluding hydrogens is 985 g/mol. The summed E-state index contributed by atoms with van der Waals surface area (Å²) in [5.74, 6) is -0.835. The van der Waals surface area contributed by atoms with Gasteiger partial charge in [-0.2, -0.15) is 0 Å². The summed E-state index contributed by atoms with van der Waals surface area (Å²) in [6.07, 6.45) is 87.3. The quantitative estimate of drug-likeness (QED) is 0.0261. The number of hydrogen-bond donors (Lipinski definition) is 0. The summed E-state index contributed by atoms with van der Waals surface area (Å²) in [6.45, 7) is 6.59. The molecule has 80 heavy (non-hydrogen) atoms. The molecule has 0 aromatic heterocycles. The highest BCUT2D eigenvalue weighted by Crippen LogP contribution is 2.19. The molecule has 0 amide bonds. The Hall–Kier alpha value is -2.63. The van der Waals surface area contributed by atoms with Gasteiger partial charge in [0.15, 0.2) is 6.10 Å². The van der Waals surface area contributed by atoms with Gasteiger partial charge in [-0.25, -0.2) is 0 Å². The molecule has 1 atom stereocenters. The summed E-state index contributed by atoms with van der Waals surface area (Å²) >= 11 is 0. The highest BCUT2D eigenvalue weighted by molar-refractivity contribution is 5.71. The van der Waals surface area contributed by atoms with Crippen LogP contribution < -0.4 is 0 Å². The maximum Gasteiger partial charge on any atom is 0.306 e. The average molecular weight is 1120 g/mol. The fraction of sp³-hybridized carbons (Fsp3) is 0.851. The Morgan fingerprint density at radius 3 is 0.762 bits per heavy atom. The van der Waals surface area contributed by atoms with E-state index in [1.165, 1.54) is 263 Å². The number of carbonyl (C=O) groups excluding carboxylic acids is 3. The SMILES string of the molecule is CC/C=C\C/C=C\C/C=C\C/C=C\CCCCCCCCCCCCCCCCCCCCCCCCC(=O)OCC(COC(=O)CCCCCCCCCCCCC)OC(=O)CCCCCCCCCCCCCCCCCC. The van der Waals surface area contributed by atoms with E-state index in [0.717, 1.165) is 83.5 Å². The van der Waals surface area contributed by atoms with Gasteiger partial charge in [0.1, 0.15) is 13.2 Å². The second-order valence-corrected chi connectivity index (χ2v) is 24.1. The monoisotopic (exact) mass is 1120 g/mol. The van der Waals surface area contributed by atoms with E-state index in [9.17, 15) is 14.4 Å². The molecule has 468 valence electrons. The van der Waals surface area contributed by atoms with Crippen molar-refractivity contribution in [3.8, 4) is 0 Å². The molecule has 0 bridgehead atoms. The minimum Gasteiger partial charge on any atom is -0.462 e. The van der Waals surface area contributed by atoms with E-state index in [1.54, 1.807) is 0 Å². The van der Waals surface area contributed by atoms with Crippen molar-refractivity contribution < 1.29 is 28.6 Å². The molecule has 0 aliphatic rings. The van der Waals surface area contributed by atoms with E-state index in [2.05, 4.69) is 69.4 Å². The van der Waals surface area contributed by atoms with Crippen LogP contribution in [0.3, 0.4) is 0 Å². The molecule has 0 saturated carbocycles. The molecule has 1 unspecified atom stereocenters. The number of hydrogen-bond acceptors (Lipinski definition) is 6. The predicted molar refractivity (Wildman–Crippen MR) is 349 cm³/mol. The molecule has 0 rings (SSSR count). The number of esters is 3. The Balaban J connectivity index is 4.02. The van der Waals surface area contributed by atoms with Crippen LogP contribution in [0.5, 0.6) is 0 Å². The first-order valence-electron chi connectivity index (χ1n) is 35.6. The van der Waals surface area contributed by atoms with E-state index in [4.69, 9.17) is 14.2 Å². The zero-order chi connectivity index (χ0) is 57.8. The smallest absolute Gasteiger partial charge is 0.306 e. The standard InChI is InChI=1S/C74H136O6/c1-4-7-10-13-16-19-22-24-26-28-29-30-31-32-33-34-35-36-37-38-39-40-41-42-43-44-45-46-48-49-52-55-58-61-64-67-73(76)79-70-71(69-78-72(75)66-63-60-57-54-51-21-18-15-12-9-6-3)80-74(77)68-65-62-59-56-53-50-47-27-25-23-20-17-14-11-8-5-2/h7,10,16,19,24,26,29-30,71H,4-6,8-9,11-15,17-18,20-23,25,27-28,31-70H2,1-3H3/b10-7-,19-16-,26-24-,30-29-. The number of unbranched alkanes of at least 4 members (excludes halogenated alkanes) is 47. The van der Waals surface area contributed by atoms with Crippen LogP contribution in [-0.4, -0.2) is 37.2 Å². The molecule has 0 radical (unpaired) electrons. The van der Waals surface area contributed by atoms with E-state index in [0.29, 0.717) is 19.3 Å². The van der Waals surface area contributed by atoms with E-state index < -0.39 is 6.10 Å². The van der Waals surface area contributed by atoms with Crippen molar-refractivity contribution in [1.29, 1.82) is 0 Å². The first-order chi connectivity index (χ1) is 39.5.